The predicted molar refractivity (Wildman–Crippen MR) is 67.6 cm³/mol. The fraction of sp³-hybridized carbons (Fsp3) is 0.0833. The van der Waals surface area contributed by atoms with Crippen LogP contribution in [-0.4, -0.2) is 23.0 Å². The van der Waals surface area contributed by atoms with Crippen molar-refractivity contribution < 1.29 is 14.3 Å². The van der Waals surface area contributed by atoms with Gasteiger partial charge < -0.3 is 9.47 Å². The molecular weight excluding hydrogens is 300 g/mol. The lowest BCUT2D eigenvalue weighted by atomic mass is 10.3. The van der Waals surface area contributed by atoms with Crippen LogP contribution in [0.25, 0.3) is 0 Å². The number of esters is 1. The molecule has 0 aliphatic carbocycles. The molecule has 0 spiro atoms. The number of hydrogen-bond donors (Lipinski definition) is 0. The first kappa shape index (κ1) is 12.5. The van der Waals surface area contributed by atoms with Gasteiger partial charge in [-0.05, 0) is 28.1 Å². The lowest BCUT2D eigenvalue weighted by Crippen LogP contribution is -2.07. The van der Waals surface area contributed by atoms with Crippen LogP contribution in [0, 0.1) is 0 Å². The van der Waals surface area contributed by atoms with Crippen LogP contribution in [0.2, 0.25) is 0 Å². The van der Waals surface area contributed by atoms with E-state index in [-0.39, 0.29) is 11.7 Å². The van der Waals surface area contributed by atoms with E-state index in [4.69, 9.17) is 4.74 Å². The Hall–Kier alpha value is -1.95. The van der Waals surface area contributed by atoms with Gasteiger partial charge in [-0.2, -0.15) is 4.98 Å². The summed E-state index contributed by atoms with van der Waals surface area (Å²) in [6, 6.07) is 8.90. The summed E-state index contributed by atoms with van der Waals surface area (Å²) in [6.45, 7) is 0. The topological polar surface area (TPSA) is 61.3 Å². The van der Waals surface area contributed by atoms with E-state index in [0.717, 1.165) is 4.47 Å². The maximum Gasteiger partial charge on any atom is 0.376 e. The lowest BCUT2D eigenvalue weighted by molar-refractivity contribution is 0.0585. The average Bonchev–Trinajstić information content (AvgIpc) is 2.41. The number of benzene rings is 1. The molecule has 92 valence electrons. The molecule has 0 saturated carbocycles. The summed E-state index contributed by atoms with van der Waals surface area (Å²) < 4.78 is 10.9. The molecule has 1 heterocycles. The Kier molecular flexibility index (Phi) is 3.88. The van der Waals surface area contributed by atoms with Gasteiger partial charge in [-0.1, -0.05) is 12.1 Å². The molecule has 0 N–H and O–H groups in total. The highest BCUT2D eigenvalue weighted by atomic mass is 79.9. The van der Waals surface area contributed by atoms with Crippen molar-refractivity contribution in [2.24, 2.45) is 0 Å². The molecule has 0 fully saturated rings. The summed E-state index contributed by atoms with van der Waals surface area (Å²) in [6.07, 6.45) is 1.44. The van der Waals surface area contributed by atoms with Crippen LogP contribution in [-0.2, 0) is 4.74 Å². The van der Waals surface area contributed by atoms with Crippen LogP contribution >= 0.6 is 15.9 Å². The first-order valence-corrected chi connectivity index (χ1v) is 5.84. The van der Waals surface area contributed by atoms with E-state index in [9.17, 15) is 4.79 Å². The van der Waals surface area contributed by atoms with E-state index in [1.807, 2.05) is 18.2 Å². The molecule has 0 unspecified atom stereocenters. The zero-order chi connectivity index (χ0) is 13.0. The Bertz CT molecular complexity index is 575. The van der Waals surface area contributed by atoms with E-state index in [1.54, 1.807) is 12.1 Å². The van der Waals surface area contributed by atoms with Crippen molar-refractivity contribution in [2.75, 3.05) is 7.11 Å². The first-order valence-electron chi connectivity index (χ1n) is 5.04. The number of para-hydroxylation sites is 1. The molecule has 18 heavy (non-hydrogen) atoms. The Labute approximate surface area is 112 Å². The molecule has 0 saturated heterocycles. The normalized spacial score (nSPS) is 9.89. The number of halogens is 1. The highest BCUT2D eigenvalue weighted by Gasteiger charge is 2.11. The molecule has 0 bridgehead atoms. The van der Waals surface area contributed by atoms with Gasteiger partial charge in [-0.3, -0.25) is 0 Å². The van der Waals surface area contributed by atoms with Crippen LogP contribution in [0.4, 0.5) is 0 Å². The fourth-order valence-corrected chi connectivity index (χ4v) is 1.59. The maximum absolute atomic E-state index is 11.3. The third kappa shape index (κ3) is 2.84. The smallest absolute Gasteiger partial charge is 0.376 e. The number of hydrogen-bond acceptors (Lipinski definition) is 5. The molecule has 0 atom stereocenters. The van der Waals surface area contributed by atoms with Gasteiger partial charge in [0.2, 0.25) is 11.7 Å². The van der Waals surface area contributed by atoms with Crippen LogP contribution in [0.1, 0.15) is 10.6 Å². The van der Waals surface area contributed by atoms with Gasteiger partial charge in [0.15, 0.2) is 0 Å². The molecule has 0 aliphatic heterocycles. The molecule has 0 radical (unpaired) electrons. The minimum absolute atomic E-state index is 0.0398. The zero-order valence-corrected chi connectivity index (χ0v) is 11.0. The van der Waals surface area contributed by atoms with Crippen LogP contribution in [0.3, 0.4) is 0 Å². The number of ether oxygens (including phenoxy) is 2. The van der Waals surface area contributed by atoms with Gasteiger partial charge in [0, 0.05) is 12.3 Å². The molecule has 0 aliphatic rings. The predicted octanol–water partition coefficient (Wildman–Crippen LogP) is 2.82. The zero-order valence-electron chi connectivity index (χ0n) is 9.46. The summed E-state index contributed by atoms with van der Waals surface area (Å²) in [5.74, 6) is 0.235. The highest BCUT2D eigenvalue weighted by Crippen LogP contribution is 2.27. The second-order valence-electron chi connectivity index (χ2n) is 3.24. The summed E-state index contributed by atoms with van der Waals surface area (Å²) in [5.41, 5.74) is 0. The van der Waals surface area contributed by atoms with Crippen LogP contribution < -0.4 is 4.74 Å². The van der Waals surface area contributed by atoms with Gasteiger partial charge in [0.25, 0.3) is 0 Å². The number of rotatable bonds is 3. The van der Waals surface area contributed by atoms with E-state index < -0.39 is 5.97 Å². The Morgan fingerprint density at radius 2 is 2.06 bits per heavy atom. The minimum atomic E-state index is -0.604. The van der Waals surface area contributed by atoms with Gasteiger partial charge in [0.05, 0.1) is 11.6 Å². The van der Waals surface area contributed by atoms with Crippen molar-refractivity contribution in [3.63, 3.8) is 0 Å². The van der Waals surface area contributed by atoms with Gasteiger partial charge in [0.1, 0.15) is 5.75 Å². The second-order valence-corrected chi connectivity index (χ2v) is 4.10. The first-order chi connectivity index (χ1) is 8.70. The molecule has 1 aromatic heterocycles. The van der Waals surface area contributed by atoms with E-state index in [1.165, 1.54) is 13.3 Å². The summed E-state index contributed by atoms with van der Waals surface area (Å²) in [4.78, 5) is 19.0. The Balaban J connectivity index is 2.25. The monoisotopic (exact) mass is 308 g/mol. The molecule has 2 aromatic rings. The molecule has 2 rings (SSSR count). The Morgan fingerprint density at radius 3 is 2.78 bits per heavy atom. The third-order valence-corrected chi connectivity index (χ3v) is 2.70. The van der Waals surface area contributed by atoms with Gasteiger partial charge >= 0.3 is 5.97 Å². The van der Waals surface area contributed by atoms with Crippen LogP contribution in [0.5, 0.6) is 11.6 Å². The van der Waals surface area contributed by atoms with Crippen molar-refractivity contribution in [2.45, 2.75) is 0 Å². The quantitative estimate of drug-likeness (QED) is 0.816. The Morgan fingerprint density at radius 1 is 1.28 bits per heavy atom. The fourth-order valence-electron chi connectivity index (χ4n) is 1.23. The molecule has 6 heteroatoms. The average molecular weight is 309 g/mol. The van der Waals surface area contributed by atoms with E-state index in [2.05, 4.69) is 30.6 Å². The van der Waals surface area contributed by atoms with Crippen molar-refractivity contribution in [3.05, 3.63) is 46.8 Å². The largest absolute Gasteiger partial charge is 0.463 e. The number of carbonyl (C=O) groups is 1. The van der Waals surface area contributed by atoms with Crippen molar-refractivity contribution in [1.82, 2.24) is 9.97 Å². The summed E-state index contributed by atoms with van der Waals surface area (Å²) in [5, 5.41) is 0. The molecule has 5 nitrogen and oxygen atoms in total. The third-order valence-electron chi connectivity index (χ3n) is 2.05. The molecular formula is C12H9BrN2O3. The van der Waals surface area contributed by atoms with Crippen LogP contribution in [0.15, 0.2) is 41.0 Å². The number of aromatic nitrogens is 2. The standard InChI is InChI=1S/C12H9BrN2O3/c1-17-12(16)11-14-7-6-10(15-11)18-9-5-3-2-4-8(9)13/h2-7H,1H3. The molecule has 0 amide bonds. The lowest BCUT2D eigenvalue weighted by Gasteiger charge is -2.06. The summed E-state index contributed by atoms with van der Waals surface area (Å²) in [7, 11) is 1.27. The second kappa shape index (κ2) is 5.59. The SMILES string of the molecule is COC(=O)c1nccc(Oc2ccccc2Br)n1. The van der Waals surface area contributed by atoms with E-state index in [0.29, 0.717) is 5.75 Å². The van der Waals surface area contributed by atoms with Crippen molar-refractivity contribution >= 4 is 21.9 Å². The van der Waals surface area contributed by atoms with Gasteiger partial charge in [-0.15, -0.1) is 0 Å². The number of carbonyl (C=O) groups excluding carboxylic acids is 1. The number of nitrogens with zero attached hydrogens (tertiary/aromatic N) is 2. The van der Waals surface area contributed by atoms with Crippen molar-refractivity contribution in [1.29, 1.82) is 0 Å². The highest BCUT2D eigenvalue weighted by molar-refractivity contribution is 9.10. The molecule has 1 aromatic carbocycles. The van der Waals surface area contributed by atoms with E-state index >= 15 is 0 Å². The minimum Gasteiger partial charge on any atom is -0.463 e. The van der Waals surface area contributed by atoms with Gasteiger partial charge in [-0.25, -0.2) is 9.78 Å². The summed E-state index contributed by atoms with van der Waals surface area (Å²) >= 11 is 3.35. The van der Waals surface area contributed by atoms with Crippen molar-refractivity contribution in [3.8, 4) is 11.6 Å². The number of methoxy groups -OCH3 is 1. The maximum atomic E-state index is 11.3.